The van der Waals surface area contributed by atoms with E-state index in [9.17, 15) is 14.3 Å². The maximum Gasteiger partial charge on any atom is 0.259 e. The molecule has 2 rings (SSSR count). The third kappa shape index (κ3) is 3.75. The topological polar surface area (TPSA) is 73.6 Å². The SMILES string of the molecule is C/C(O)=C(/C=N)C(=O)N1CC(Oc2ccc(F)cc2C(C)(C)C)C1. The Hall–Kier alpha value is -2.37. The van der Waals surface area contributed by atoms with Gasteiger partial charge in [-0.1, -0.05) is 20.8 Å². The fourth-order valence-electron chi connectivity index (χ4n) is 2.54. The number of allylic oxidation sites excluding steroid dienone is 1. The van der Waals surface area contributed by atoms with E-state index in [-0.39, 0.29) is 34.6 Å². The van der Waals surface area contributed by atoms with E-state index in [4.69, 9.17) is 10.1 Å². The largest absolute Gasteiger partial charge is 0.512 e. The predicted molar refractivity (Wildman–Crippen MR) is 90.2 cm³/mol. The van der Waals surface area contributed by atoms with E-state index in [1.807, 2.05) is 20.8 Å². The Balaban J connectivity index is 2.06. The summed E-state index contributed by atoms with van der Waals surface area (Å²) in [6, 6.07) is 4.44. The molecule has 0 saturated carbocycles. The molecule has 0 bridgehead atoms. The number of aliphatic hydroxyl groups excluding tert-OH is 1. The van der Waals surface area contributed by atoms with E-state index < -0.39 is 0 Å². The Labute approximate surface area is 141 Å². The molecule has 5 nitrogen and oxygen atoms in total. The highest BCUT2D eigenvalue weighted by molar-refractivity contribution is 6.11. The van der Waals surface area contributed by atoms with Crippen LogP contribution in [0.15, 0.2) is 29.5 Å². The van der Waals surface area contributed by atoms with Gasteiger partial charge >= 0.3 is 0 Å². The van der Waals surface area contributed by atoms with Crippen LogP contribution >= 0.6 is 0 Å². The fourth-order valence-corrected chi connectivity index (χ4v) is 2.54. The van der Waals surface area contributed by atoms with Crippen LogP contribution in [-0.2, 0) is 10.2 Å². The third-order valence-electron chi connectivity index (χ3n) is 3.94. The molecule has 1 fully saturated rings. The number of likely N-dealkylation sites (tertiary alicyclic amines) is 1. The number of hydrogen-bond acceptors (Lipinski definition) is 4. The van der Waals surface area contributed by atoms with Gasteiger partial charge in [0.25, 0.3) is 5.91 Å². The minimum absolute atomic E-state index is 0.0226. The molecule has 0 spiro atoms. The number of carbonyl (C=O) groups is 1. The zero-order valence-corrected chi connectivity index (χ0v) is 14.4. The normalized spacial score (nSPS) is 16.3. The minimum Gasteiger partial charge on any atom is -0.512 e. The summed E-state index contributed by atoms with van der Waals surface area (Å²) in [5.74, 6) is -0.257. The van der Waals surface area contributed by atoms with Gasteiger partial charge in [0.05, 0.1) is 18.7 Å². The Morgan fingerprint density at radius 2 is 2.04 bits per heavy atom. The number of hydrogen-bond donors (Lipinski definition) is 2. The number of amides is 1. The summed E-state index contributed by atoms with van der Waals surface area (Å²) in [6.07, 6.45) is 0.662. The lowest BCUT2D eigenvalue weighted by atomic mass is 9.86. The number of benzene rings is 1. The first kappa shape index (κ1) is 18.0. The van der Waals surface area contributed by atoms with Crippen molar-refractivity contribution >= 4 is 12.1 Å². The van der Waals surface area contributed by atoms with E-state index in [0.29, 0.717) is 18.8 Å². The lowest BCUT2D eigenvalue weighted by molar-refractivity contribution is -0.135. The molecule has 130 valence electrons. The average Bonchev–Trinajstić information content (AvgIpc) is 2.42. The van der Waals surface area contributed by atoms with Gasteiger partial charge in [-0.15, -0.1) is 0 Å². The second-order valence-corrected chi connectivity index (χ2v) is 6.98. The third-order valence-corrected chi connectivity index (χ3v) is 3.94. The summed E-state index contributed by atoms with van der Waals surface area (Å²) in [6.45, 7) is 8.05. The van der Waals surface area contributed by atoms with Crippen molar-refractivity contribution in [1.29, 1.82) is 5.41 Å². The van der Waals surface area contributed by atoms with Crippen LogP contribution in [0, 0.1) is 11.2 Å². The molecule has 1 saturated heterocycles. The van der Waals surface area contributed by atoms with Crippen molar-refractivity contribution in [3.8, 4) is 5.75 Å². The van der Waals surface area contributed by atoms with Crippen molar-refractivity contribution in [2.24, 2.45) is 0 Å². The van der Waals surface area contributed by atoms with E-state index in [2.05, 4.69) is 0 Å². The van der Waals surface area contributed by atoms with E-state index in [1.165, 1.54) is 24.0 Å². The first-order valence-corrected chi connectivity index (χ1v) is 7.79. The van der Waals surface area contributed by atoms with Gasteiger partial charge in [-0.05, 0) is 30.5 Å². The Morgan fingerprint density at radius 3 is 2.54 bits per heavy atom. The van der Waals surface area contributed by atoms with Crippen LogP contribution in [0.3, 0.4) is 0 Å². The van der Waals surface area contributed by atoms with Gasteiger partial charge in [0.15, 0.2) is 0 Å². The molecular formula is C18H23FN2O3. The molecular weight excluding hydrogens is 311 g/mol. The fraction of sp³-hybridized carbons (Fsp3) is 0.444. The zero-order valence-electron chi connectivity index (χ0n) is 14.4. The summed E-state index contributed by atoms with van der Waals surface area (Å²) in [5.41, 5.74) is 0.491. The molecule has 6 heteroatoms. The smallest absolute Gasteiger partial charge is 0.259 e. The van der Waals surface area contributed by atoms with Crippen molar-refractivity contribution < 1.29 is 19.0 Å². The molecule has 2 N–H and O–H groups in total. The van der Waals surface area contributed by atoms with Crippen LogP contribution in [0.4, 0.5) is 4.39 Å². The minimum atomic E-state index is -0.389. The summed E-state index contributed by atoms with van der Waals surface area (Å²) >= 11 is 0. The molecule has 0 aliphatic carbocycles. The molecule has 0 aromatic heterocycles. The molecule has 0 radical (unpaired) electrons. The molecule has 0 atom stereocenters. The monoisotopic (exact) mass is 334 g/mol. The molecule has 1 aliphatic heterocycles. The van der Waals surface area contributed by atoms with Crippen LogP contribution in [0.5, 0.6) is 5.75 Å². The zero-order chi connectivity index (χ0) is 18.1. The van der Waals surface area contributed by atoms with Crippen LogP contribution in [0.2, 0.25) is 0 Å². The van der Waals surface area contributed by atoms with Crippen LogP contribution < -0.4 is 4.74 Å². The van der Waals surface area contributed by atoms with E-state index in [0.717, 1.165) is 11.8 Å². The molecule has 1 heterocycles. The highest BCUT2D eigenvalue weighted by Gasteiger charge is 2.35. The molecule has 1 aromatic carbocycles. The summed E-state index contributed by atoms with van der Waals surface area (Å²) in [5, 5.41) is 16.6. The van der Waals surface area contributed by atoms with Crippen LogP contribution in [0.1, 0.15) is 33.3 Å². The van der Waals surface area contributed by atoms with Gasteiger partial charge in [0.2, 0.25) is 0 Å². The second kappa shape index (κ2) is 6.63. The number of rotatable bonds is 4. The Bertz CT molecular complexity index is 682. The first-order chi connectivity index (χ1) is 11.1. The quantitative estimate of drug-likeness (QED) is 0.504. The van der Waals surface area contributed by atoms with Gasteiger partial charge < -0.3 is 20.2 Å². The number of nitrogens with zero attached hydrogens (tertiary/aromatic N) is 1. The van der Waals surface area contributed by atoms with Crippen molar-refractivity contribution in [3.63, 3.8) is 0 Å². The Kier molecular flexibility index (Phi) is 4.96. The highest BCUT2D eigenvalue weighted by Crippen LogP contribution is 2.33. The Morgan fingerprint density at radius 1 is 1.42 bits per heavy atom. The van der Waals surface area contributed by atoms with Crippen molar-refractivity contribution in [2.75, 3.05) is 13.1 Å². The van der Waals surface area contributed by atoms with E-state index >= 15 is 0 Å². The van der Waals surface area contributed by atoms with Crippen molar-refractivity contribution in [2.45, 2.75) is 39.2 Å². The lowest BCUT2D eigenvalue weighted by Gasteiger charge is -2.40. The second-order valence-electron chi connectivity index (χ2n) is 6.98. The average molecular weight is 334 g/mol. The maximum atomic E-state index is 13.5. The van der Waals surface area contributed by atoms with Crippen LogP contribution in [-0.4, -0.2) is 41.3 Å². The van der Waals surface area contributed by atoms with Crippen molar-refractivity contribution in [1.82, 2.24) is 4.90 Å². The molecule has 1 aliphatic rings. The van der Waals surface area contributed by atoms with Gasteiger partial charge in [-0.25, -0.2) is 4.39 Å². The number of aliphatic hydroxyl groups is 1. The molecule has 1 amide bonds. The standard InChI is InChI=1S/C18H23FN2O3/c1-11(22)14(8-20)17(23)21-9-13(10-21)24-16-6-5-12(19)7-15(16)18(2,3)4/h5-8,13,20,22H,9-10H2,1-4H3/b14-11+,20-8?. The lowest BCUT2D eigenvalue weighted by Crippen LogP contribution is -2.56. The summed E-state index contributed by atoms with van der Waals surface area (Å²) < 4.78 is 19.4. The molecule has 0 unspecified atom stereocenters. The number of ether oxygens (including phenoxy) is 1. The van der Waals surface area contributed by atoms with Crippen molar-refractivity contribution in [3.05, 3.63) is 40.9 Å². The highest BCUT2D eigenvalue weighted by atomic mass is 19.1. The number of halogens is 1. The van der Waals surface area contributed by atoms with E-state index in [1.54, 1.807) is 6.07 Å². The predicted octanol–water partition coefficient (Wildman–Crippen LogP) is 3.19. The van der Waals surface area contributed by atoms with Gasteiger partial charge in [-0.3, -0.25) is 4.79 Å². The van der Waals surface area contributed by atoms with Gasteiger partial charge in [0.1, 0.15) is 23.4 Å². The number of carbonyl (C=O) groups excluding carboxylic acids is 1. The first-order valence-electron chi connectivity index (χ1n) is 7.79. The summed E-state index contributed by atoms with van der Waals surface area (Å²) in [7, 11) is 0. The van der Waals surface area contributed by atoms with Gasteiger partial charge in [0, 0.05) is 11.8 Å². The molecule has 1 aromatic rings. The number of nitrogens with one attached hydrogen (secondary N) is 1. The van der Waals surface area contributed by atoms with Crippen LogP contribution in [0.25, 0.3) is 0 Å². The maximum absolute atomic E-state index is 13.5. The van der Waals surface area contributed by atoms with Gasteiger partial charge in [-0.2, -0.15) is 0 Å². The molecule has 24 heavy (non-hydrogen) atoms. The summed E-state index contributed by atoms with van der Waals surface area (Å²) in [4.78, 5) is 13.6.